The molecule has 0 bridgehead atoms. The minimum atomic E-state index is 0.0581. The van der Waals surface area contributed by atoms with Crippen LogP contribution in [-0.2, 0) is 0 Å². The SMILES string of the molecule is C=C/C(=C(/N)C(C)=C(C)C)C(C)(C)C. The van der Waals surface area contributed by atoms with Crippen molar-refractivity contribution in [2.24, 2.45) is 11.1 Å². The van der Waals surface area contributed by atoms with E-state index in [-0.39, 0.29) is 5.41 Å². The monoisotopic (exact) mass is 193 g/mol. The fourth-order valence-electron chi connectivity index (χ4n) is 1.29. The van der Waals surface area contributed by atoms with E-state index >= 15 is 0 Å². The first kappa shape index (κ1) is 13.0. The van der Waals surface area contributed by atoms with Gasteiger partial charge in [-0.2, -0.15) is 0 Å². The Labute approximate surface area is 88.4 Å². The summed E-state index contributed by atoms with van der Waals surface area (Å²) in [5, 5.41) is 0. The Hall–Kier alpha value is -0.980. The first-order valence-corrected chi connectivity index (χ1v) is 4.99. The molecule has 0 rings (SSSR count). The molecule has 0 heterocycles. The van der Waals surface area contributed by atoms with Crippen molar-refractivity contribution in [1.29, 1.82) is 0 Å². The molecule has 0 aromatic heterocycles. The minimum absolute atomic E-state index is 0.0581. The van der Waals surface area contributed by atoms with Crippen LogP contribution >= 0.6 is 0 Å². The van der Waals surface area contributed by atoms with Crippen LogP contribution in [0.1, 0.15) is 41.5 Å². The van der Waals surface area contributed by atoms with Crippen LogP contribution in [0.5, 0.6) is 0 Å². The highest BCUT2D eigenvalue weighted by Gasteiger charge is 2.18. The molecule has 0 atom stereocenters. The predicted molar refractivity (Wildman–Crippen MR) is 64.9 cm³/mol. The molecule has 0 amide bonds. The summed E-state index contributed by atoms with van der Waals surface area (Å²) in [6.07, 6.45) is 1.86. The summed E-state index contributed by atoms with van der Waals surface area (Å²) in [4.78, 5) is 0. The van der Waals surface area contributed by atoms with Crippen LogP contribution in [0.15, 0.2) is 35.1 Å². The minimum Gasteiger partial charge on any atom is -0.398 e. The summed E-state index contributed by atoms with van der Waals surface area (Å²) in [6.45, 7) is 16.5. The van der Waals surface area contributed by atoms with Crippen LogP contribution in [-0.4, -0.2) is 0 Å². The topological polar surface area (TPSA) is 26.0 Å². The van der Waals surface area contributed by atoms with Crippen LogP contribution in [0.4, 0.5) is 0 Å². The first-order valence-electron chi connectivity index (χ1n) is 4.99. The van der Waals surface area contributed by atoms with Crippen molar-refractivity contribution in [2.45, 2.75) is 41.5 Å². The van der Waals surface area contributed by atoms with Gasteiger partial charge in [0.15, 0.2) is 0 Å². The van der Waals surface area contributed by atoms with E-state index in [1.165, 1.54) is 5.57 Å². The van der Waals surface area contributed by atoms with Gasteiger partial charge in [-0.05, 0) is 37.3 Å². The maximum Gasteiger partial charge on any atom is 0.0380 e. The summed E-state index contributed by atoms with van der Waals surface area (Å²) in [5.74, 6) is 0. The Balaban J connectivity index is 5.48. The summed E-state index contributed by atoms with van der Waals surface area (Å²) in [7, 11) is 0. The van der Waals surface area contributed by atoms with Crippen LogP contribution in [0, 0.1) is 5.41 Å². The van der Waals surface area contributed by atoms with Gasteiger partial charge >= 0.3 is 0 Å². The molecule has 0 aliphatic rings. The molecule has 0 aliphatic carbocycles. The van der Waals surface area contributed by atoms with E-state index in [2.05, 4.69) is 48.1 Å². The smallest absolute Gasteiger partial charge is 0.0380 e. The van der Waals surface area contributed by atoms with Gasteiger partial charge in [0.25, 0.3) is 0 Å². The van der Waals surface area contributed by atoms with Gasteiger partial charge in [0.2, 0.25) is 0 Å². The molecule has 0 aromatic carbocycles. The van der Waals surface area contributed by atoms with Gasteiger partial charge in [-0.25, -0.2) is 0 Å². The molecule has 0 aromatic rings. The molecule has 0 saturated heterocycles. The summed E-state index contributed by atoms with van der Waals surface area (Å²) < 4.78 is 0. The van der Waals surface area contributed by atoms with Crippen molar-refractivity contribution in [1.82, 2.24) is 0 Å². The molecule has 0 unspecified atom stereocenters. The quantitative estimate of drug-likeness (QED) is 0.663. The average molecular weight is 193 g/mol. The molecule has 0 aliphatic heterocycles. The van der Waals surface area contributed by atoms with Gasteiger partial charge in [0, 0.05) is 5.70 Å². The lowest BCUT2D eigenvalue weighted by Crippen LogP contribution is -2.15. The van der Waals surface area contributed by atoms with Gasteiger partial charge in [-0.3, -0.25) is 0 Å². The van der Waals surface area contributed by atoms with Crippen LogP contribution in [0.2, 0.25) is 0 Å². The van der Waals surface area contributed by atoms with Crippen LogP contribution in [0.25, 0.3) is 0 Å². The predicted octanol–water partition coefficient (Wildman–Crippen LogP) is 3.79. The highest BCUT2D eigenvalue weighted by Crippen LogP contribution is 2.30. The summed E-state index contributed by atoms with van der Waals surface area (Å²) >= 11 is 0. The van der Waals surface area contributed by atoms with Crippen molar-refractivity contribution < 1.29 is 0 Å². The number of hydrogen-bond acceptors (Lipinski definition) is 1. The van der Waals surface area contributed by atoms with Crippen molar-refractivity contribution in [3.63, 3.8) is 0 Å². The fraction of sp³-hybridized carbons (Fsp3) is 0.538. The largest absolute Gasteiger partial charge is 0.398 e. The Bertz CT molecular complexity index is 281. The highest BCUT2D eigenvalue weighted by atomic mass is 14.6. The molecule has 80 valence electrons. The normalized spacial score (nSPS) is 13.3. The molecule has 0 saturated carbocycles. The second-order valence-corrected chi connectivity index (χ2v) is 4.91. The molecule has 0 radical (unpaired) electrons. The van der Waals surface area contributed by atoms with E-state index in [0.29, 0.717) is 0 Å². The Morgan fingerprint density at radius 1 is 1.14 bits per heavy atom. The maximum atomic E-state index is 6.11. The zero-order valence-electron chi connectivity index (χ0n) is 10.4. The summed E-state index contributed by atoms with van der Waals surface area (Å²) in [5.41, 5.74) is 10.6. The molecule has 2 N–H and O–H groups in total. The number of hydrogen-bond donors (Lipinski definition) is 1. The first-order chi connectivity index (χ1) is 6.21. The van der Waals surface area contributed by atoms with Gasteiger partial charge in [0.05, 0.1) is 0 Å². The molecule has 0 fully saturated rings. The van der Waals surface area contributed by atoms with E-state index in [1.807, 2.05) is 6.08 Å². The lowest BCUT2D eigenvalue weighted by atomic mass is 9.83. The third-order valence-electron chi connectivity index (χ3n) is 2.46. The highest BCUT2D eigenvalue weighted by molar-refractivity contribution is 5.40. The molecule has 14 heavy (non-hydrogen) atoms. The summed E-state index contributed by atoms with van der Waals surface area (Å²) in [6, 6.07) is 0. The fourth-order valence-corrected chi connectivity index (χ4v) is 1.29. The van der Waals surface area contributed by atoms with Gasteiger partial charge < -0.3 is 5.73 Å². The molecular weight excluding hydrogens is 170 g/mol. The standard InChI is InChI=1S/C13H23N/c1-8-11(13(5,6)7)12(14)10(4)9(2)3/h8H,1,14H2,2-7H3/b12-11-. The second kappa shape index (κ2) is 4.50. The van der Waals surface area contributed by atoms with Crippen LogP contribution in [0.3, 0.4) is 0 Å². The zero-order valence-corrected chi connectivity index (χ0v) is 10.4. The van der Waals surface area contributed by atoms with Gasteiger partial charge in [-0.15, -0.1) is 0 Å². The van der Waals surface area contributed by atoms with E-state index in [1.54, 1.807) is 0 Å². The zero-order chi connectivity index (χ0) is 11.5. The lowest BCUT2D eigenvalue weighted by molar-refractivity contribution is 0.512. The van der Waals surface area contributed by atoms with Crippen molar-refractivity contribution >= 4 is 0 Å². The van der Waals surface area contributed by atoms with Crippen molar-refractivity contribution in [3.05, 3.63) is 35.1 Å². The number of nitrogens with two attached hydrogens (primary N) is 1. The van der Waals surface area contributed by atoms with E-state index in [4.69, 9.17) is 5.73 Å². The Morgan fingerprint density at radius 3 is 1.79 bits per heavy atom. The third kappa shape index (κ3) is 3.06. The van der Waals surface area contributed by atoms with Crippen LogP contribution < -0.4 is 5.73 Å². The third-order valence-corrected chi connectivity index (χ3v) is 2.46. The van der Waals surface area contributed by atoms with Crippen molar-refractivity contribution in [2.75, 3.05) is 0 Å². The maximum absolute atomic E-state index is 6.11. The average Bonchev–Trinajstić information content (AvgIpc) is 2.01. The van der Waals surface area contributed by atoms with E-state index in [9.17, 15) is 0 Å². The molecule has 1 heteroatoms. The molecule has 0 spiro atoms. The van der Waals surface area contributed by atoms with Crippen molar-refractivity contribution in [3.8, 4) is 0 Å². The number of rotatable bonds is 2. The second-order valence-electron chi connectivity index (χ2n) is 4.91. The van der Waals surface area contributed by atoms with E-state index in [0.717, 1.165) is 16.8 Å². The van der Waals surface area contributed by atoms with E-state index < -0.39 is 0 Å². The Morgan fingerprint density at radius 2 is 1.57 bits per heavy atom. The van der Waals surface area contributed by atoms with Gasteiger partial charge in [-0.1, -0.05) is 39.0 Å². The molecular formula is C13H23N. The number of allylic oxidation sites excluding steroid dienone is 4. The lowest BCUT2D eigenvalue weighted by Gasteiger charge is -2.23. The Kier molecular flexibility index (Phi) is 4.18. The van der Waals surface area contributed by atoms with Gasteiger partial charge in [0.1, 0.15) is 0 Å². The molecule has 1 nitrogen and oxygen atoms in total.